The van der Waals surface area contributed by atoms with Crippen LogP contribution in [-0.4, -0.2) is 34.3 Å². The minimum atomic E-state index is -0.792. The van der Waals surface area contributed by atoms with E-state index in [0.717, 1.165) is 0 Å². The average molecular weight is 331 g/mol. The molecule has 0 fully saturated rings. The Hall–Kier alpha value is -1.99. The fourth-order valence-corrected chi connectivity index (χ4v) is 1.88. The summed E-state index contributed by atoms with van der Waals surface area (Å²) in [5, 5.41) is 9.53. The fourth-order valence-electron chi connectivity index (χ4n) is 1.43. The van der Waals surface area contributed by atoms with Crippen LogP contribution in [-0.2, 0) is 4.79 Å². The van der Waals surface area contributed by atoms with Gasteiger partial charge in [0.15, 0.2) is 6.10 Å². The molecule has 7 nitrogen and oxygen atoms in total. The smallest absolute Gasteiger partial charge is 0.336 e. The third-order valence-corrected chi connectivity index (χ3v) is 2.99. The molecule has 2 N–H and O–H groups in total. The highest BCUT2D eigenvalue weighted by molar-refractivity contribution is 6.35. The van der Waals surface area contributed by atoms with Crippen LogP contribution in [0.25, 0.3) is 0 Å². The molecule has 0 radical (unpaired) electrons. The summed E-state index contributed by atoms with van der Waals surface area (Å²) in [4.78, 5) is 15.8. The van der Waals surface area contributed by atoms with Crippen LogP contribution in [0.15, 0.2) is 18.2 Å². The minimum Gasteiger partial charge on any atom is -0.479 e. The van der Waals surface area contributed by atoms with Gasteiger partial charge in [0.2, 0.25) is 5.95 Å². The van der Waals surface area contributed by atoms with Gasteiger partial charge in [0, 0.05) is 5.02 Å². The second-order valence-corrected chi connectivity index (χ2v) is 4.84. The van der Waals surface area contributed by atoms with E-state index in [1.54, 1.807) is 19.1 Å². The lowest BCUT2D eigenvalue weighted by Gasteiger charge is -2.14. The van der Waals surface area contributed by atoms with Crippen molar-refractivity contribution < 1.29 is 14.3 Å². The zero-order valence-electron chi connectivity index (χ0n) is 11.2. The number of halogens is 2. The lowest BCUT2D eigenvalue weighted by atomic mass is 10.3. The van der Waals surface area contributed by atoms with Crippen molar-refractivity contribution in [3.63, 3.8) is 0 Å². The van der Waals surface area contributed by atoms with E-state index in [9.17, 15) is 4.79 Å². The summed E-state index contributed by atoms with van der Waals surface area (Å²) in [5.74, 6) is 0.105. The van der Waals surface area contributed by atoms with Crippen LogP contribution in [0.5, 0.6) is 11.8 Å². The second-order valence-electron chi connectivity index (χ2n) is 3.99. The summed E-state index contributed by atoms with van der Waals surface area (Å²) in [6, 6.07) is 4.87. The molecule has 0 saturated carbocycles. The Morgan fingerprint density at radius 1 is 1.43 bits per heavy atom. The molecule has 21 heavy (non-hydrogen) atoms. The zero-order valence-corrected chi connectivity index (χ0v) is 12.7. The number of aromatic nitrogens is 3. The third kappa shape index (κ3) is 3.99. The Balaban J connectivity index is 1.98. The van der Waals surface area contributed by atoms with Crippen molar-refractivity contribution in [1.82, 2.24) is 15.2 Å². The Morgan fingerprint density at radius 2 is 2.19 bits per heavy atom. The van der Waals surface area contributed by atoms with E-state index in [1.165, 1.54) is 13.2 Å². The lowest BCUT2D eigenvalue weighted by molar-refractivity contribution is -0.122. The number of carbonyl (C=O) groups is 1. The molecule has 0 aliphatic heterocycles. The second kappa shape index (κ2) is 6.64. The highest BCUT2D eigenvalue weighted by Crippen LogP contribution is 2.28. The summed E-state index contributed by atoms with van der Waals surface area (Å²) in [6.07, 6.45) is -0.792. The molecule has 0 bridgehead atoms. The molecular formula is C12H12Cl2N4O3. The third-order valence-electron chi connectivity index (χ3n) is 2.46. The van der Waals surface area contributed by atoms with Gasteiger partial charge in [-0.3, -0.25) is 10.1 Å². The predicted octanol–water partition coefficient (Wildman–Crippen LogP) is 2.53. The first kappa shape index (κ1) is 15.4. The number of methoxy groups -OCH3 is 1. The van der Waals surface area contributed by atoms with Crippen LogP contribution in [0.4, 0.5) is 5.95 Å². The van der Waals surface area contributed by atoms with E-state index in [4.69, 9.17) is 32.7 Å². The van der Waals surface area contributed by atoms with E-state index in [0.29, 0.717) is 15.8 Å². The number of H-pyrrole nitrogens is 1. The van der Waals surface area contributed by atoms with Gasteiger partial charge in [-0.1, -0.05) is 23.2 Å². The van der Waals surface area contributed by atoms with Gasteiger partial charge in [0.05, 0.1) is 12.1 Å². The van der Waals surface area contributed by atoms with Crippen LogP contribution in [0.1, 0.15) is 6.92 Å². The van der Waals surface area contributed by atoms with Crippen molar-refractivity contribution in [2.24, 2.45) is 0 Å². The van der Waals surface area contributed by atoms with Crippen LogP contribution in [0, 0.1) is 0 Å². The molecule has 0 spiro atoms. The minimum absolute atomic E-state index is 0.125. The molecule has 1 heterocycles. The highest BCUT2D eigenvalue weighted by Gasteiger charge is 2.18. The first-order valence-corrected chi connectivity index (χ1v) is 6.64. The summed E-state index contributed by atoms with van der Waals surface area (Å²) < 4.78 is 10.3. The number of amides is 1. The predicted molar refractivity (Wildman–Crippen MR) is 78.1 cm³/mol. The number of aromatic amines is 1. The molecule has 1 unspecified atom stereocenters. The van der Waals surface area contributed by atoms with E-state index in [1.807, 2.05) is 0 Å². The van der Waals surface area contributed by atoms with Gasteiger partial charge in [0.1, 0.15) is 5.75 Å². The standard InChI is InChI=1S/C12H12Cl2N4O3/c1-6(21-9-4-3-7(13)5-8(9)14)10(19)15-11-16-12(20-2)18-17-11/h3-6H,1-2H3,(H2,15,16,17,18,19). The number of nitrogens with one attached hydrogen (secondary N) is 2. The molecule has 2 rings (SSSR count). The zero-order chi connectivity index (χ0) is 15.4. The largest absolute Gasteiger partial charge is 0.479 e. The Labute approximate surface area is 130 Å². The molecule has 0 aliphatic rings. The average Bonchev–Trinajstić information content (AvgIpc) is 2.89. The molecule has 1 aromatic heterocycles. The maximum Gasteiger partial charge on any atom is 0.336 e. The Morgan fingerprint density at radius 3 is 2.81 bits per heavy atom. The number of ether oxygens (including phenoxy) is 2. The lowest BCUT2D eigenvalue weighted by Crippen LogP contribution is -2.30. The number of hydrogen-bond acceptors (Lipinski definition) is 5. The molecule has 2 aromatic rings. The highest BCUT2D eigenvalue weighted by atomic mass is 35.5. The number of carbonyl (C=O) groups excluding carboxylic acids is 1. The summed E-state index contributed by atoms with van der Waals surface area (Å²) >= 11 is 11.8. The summed E-state index contributed by atoms with van der Waals surface area (Å²) in [5.41, 5.74) is 0. The van der Waals surface area contributed by atoms with Gasteiger partial charge >= 0.3 is 6.01 Å². The molecule has 9 heteroatoms. The number of nitrogens with zero attached hydrogens (tertiary/aromatic N) is 2. The van der Waals surface area contributed by atoms with E-state index in [2.05, 4.69) is 20.5 Å². The Bertz CT molecular complexity index is 647. The molecule has 1 atom stereocenters. The van der Waals surface area contributed by atoms with Crippen LogP contribution < -0.4 is 14.8 Å². The van der Waals surface area contributed by atoms with Crippen molar-refractivity contribution in [2.75, 3.05) is 12.4 Å². The molecule has 1 aromatic carbocycles. The van der Waals surface area contributed by atoms with E-state index >= 15 is 0 Å². The maximum atomic E-state index is 12.0. The van der Waals surface area contributed by atoms with E-state index < -0.39 is 12.0 Å². The quantitative estimate of drug-likeness (QED) is 0.879. The van der Waals surface area contributed by atoms with Crippen molar-refractivity contribution in [3.05, 3.63) is 28.2 Å². The summed E-state index contributed by atoms with van der Waals surface area (Å²) in [7, 11) is 1.42. The first-order valence-electron chi connectivity index (χ1n) is 5.88. The van der Waals surface area contributed by atoms with Crippen molar-refractivity contribution in [2.45, 2.75) is 13.0 Å². The van der Waals surface area contributed by atoms with Crippen LogP contribution >= 0.6 is 23.2 Å². The fraction of sp³-hybridized carbons (Fsp3) is 0.250. The van der Waals surface area contributed by atoms with Gasteiger partial charge in [-0.15, -0.1) is 5.10 Å². The topological polar surface area (TPSA) is 89.1 Å². The Kier molecular flexibility index (Phi) is 4.87. The van der Waals surface area contributed by atoms with Crippen molar-refractivity contribution in [1.29, 1.82) is 0 Å². The number of anilines is 1. The molecule has 112 valence electrons. The molecule has 0 aliphatic carbocycles. The summed E-state index contributed by atoms with van der Waals surface area (Å²) in [6.45, 7) is 1.58. The van der Waals surface area contributed by atoms with Gasteiger partial charge in [-0.2, -0.15) is 4.98 Å². The van der Waals surface area contributed by atoms with Gasteiger partial charge < -0.3 is 9.47 Å². The molecule has 1 amide bonds. The molecular weight excluding hydrogens is 319 g/mol. The SMILES string of the molecule is COc1n[nH]c(NC(=O)C(C)Oc2ccc(Cl)cc2Cl)n1. The van der Waals surface area contributed by atoms with Crippen LogP contribution in [0.3, 0.4) is 0 Å². The number of rotatable bonds is 5. The first-order chi connectivity index (χ1) is 9.99. The van der Waals surface area contributed by atoms with Gasteiger partial charge in [-0.25, -0.2) is 5.10 Å². The van der Waals surface area contributed by atoms with Crippen molar-refractivity contribution in [3.8, 4) is 11.8 Å². The molecule has 0 saturated heterocycles. The van der Waals surface area contributed by atoms with Gasteiger partial charge in [-0.05, 0) is 25.1 Å². The number of hydrogen-bond donors (Lipinski definition) is 2. The van der Waals surface area contributed by atoms with Gasteiger partial charge in [0.25, 0.3) is 5.91 Å². The maximum absolute atomic E-state index is 12.0. The van der Waals surface area contributed by atoms with Crippen molar-refractivity contribution >= 4 is 35.1 Å². The van der Waals surface area contributed by atoms with Crippen LogP contribution in [0.2, 0.25) is 10.0 Å². The number of benzene rings is 1. The van der Waals surface area contributed by atoms with E-state index in [-0.39, 0.29) is 12.0 Å². The normalized spacial score (nSPS) is 11.8. The monoisotopic (exact) mass is 330 g/mol.